The van der Waals surface area contributed by atoms with E-state index in [-0.39, 0.29) is 23.2 Å². The molecule has 0 heterocycles. The molecule has 0 saturated carbocycles. The van der Waals surface area contributed by atoms with E-state index < -0.39 is 11.7 Å². The van der Waals surface area contributed by atoms with Crippen LogP contribution in [-0.2, 0) is 6.18 Å². The van der Waals surface area contributed by atoms with Crippen molar-refractivity contribution in [2.75, 3.05) is 11.4 Å². The zero-order valence-corrected chi connectivity index (χ0v) is 12.2. The molecule has 1 rings (SSSR count). The molecule has 5 heteroatoms. The second-order valence-electron chi connectivity index (χ2n) is 5.53. The zero-order chi connectivity index (χ0) is 15.5. The van der Waals surface area contributed by atoms with Crippen LogP contribution in [0.25, 0.3) is 0 Å². The van der Waals surface area contributed by atoms with E-state index in [2.05, 4.69) is 0 Å². The Morgan fingerprint density at radius 1 is 1.20 bits per heavy atom. The van der Waals surface area contributed by atoms with Crippen molar-refractivity contribution < 1.29 is 18.0 Å². The number of halogens is 3. The second-order valence-corrected chi connectivity index (χ2v) is 5.53. The van der Waals surface area contributed by atoms with E-state index in [1.165, 1.54) is 12.1 Å². The molecule has 0 saturated heterocycles. The van der Waals surface area contributed by atoms with Gasteiger partial charge in [0, 0.05) is 23.8 Å². The third kappa shape index (κ3) is 3.99. The van der Waals surface area contributed by atoms with Crippen LogP contribution in [0.15, 0.2) is 18.2 Å². The smallest absolute Gasteiger partial charge is 0.368 e. The Morgan fingerprint density at radius 2 is 1.80 bits per heavy atom. The van der Waals surface area contributed by atoms with Crippen molar-refractivity contribution in [1.29, 1.82) is 0 Å². The molecule has 0 aliphatic carbocycles. The van der Waals surface area contributed by atoms with E-state index in [1.807, 2.05) is 27.7 Å². The Bertz CT molecular complexity index is 467. The quantitative estimate of drug-likeness (QED) is 0.749. The van der Waals surface area contributed by atoms with Gasteiger partial charge in [-0.25, -0.2) is 0 Å². The first-order valence-corrected chi connectivity index (χ1v) is 6.60. The normalized spacial score (nSPS) is 12.1. The number of rotatable bonds is 5. The number of hydrogen-bond donors (Lipinski definition) is 0. The van der Waals surface area contributed by atoms with Gasteiger partial charge in [0.1, 0.15) is 6.29 Å². The number of hydrogen-bond acceptors (Lipinski definition) is 2. The highest BCUT2D eigenvalue weighted by atomic mass is 19.4. The number of anilines is 1. The molecule has 0 N–H and O–H groups in total. The van der Waals surface area contributed by atoms with E-state index >= 15 is 0 Å². The van der Waals surface area contributed by atoms with Crippen molar-refractivity contribution >= 4 is 12.0 Å². The molecule has 0 bridgehead atoms. The molecule has 0 atom stereocenters. The van der Waals surface area contributed by atoms with Crippen molar-refractivity contribution in [2.24, 2.45) is 5.92 Å². The molecular formula is C15H20F3NO. The highest BCUT2D eigenvalue weighted by Gasteiger charge is 2.35. The van der Waals surface area contributed by atoms with Gasteiger partial charge in [-0.2, -0.15) is 13.2 Å². The minimum absolute atomic E-state index is 0.0364. The summed E-state index contributed by atoms with van der Waals surface area (Å²) in [6.45, 7) is 8.17. The van der Waals surface area contributed by atoms with Gasteiger partial charge in [0.25, 0.3) is 0 Å². The monoisotopic (exact) mass is 287 g/mol. The Morgan fingerprint density at radius 3 is 2.20 bits per heavy atom. The minimum Gasteiger partial charge on any atom is -0.368 e. The van der Waals surface area contributed by atoms with E-state index in [0.717, 1.165) is 6.07 Å². The Balaban J connectivity index is 3.36. The fraction of sp³-hybridized carbons (Fsp3) is 0.533. The lowest BCUT2D eigenvalue weighted by Crippen LogP contribution is -2.35. The summed E-state index contributed by atoms with van der Waals surface area (Å²) in [4.78, 5) is 12.4. The third-order valence-corrected chi connectivity index (χ3v) is 2.96. The molecule has 0 unspecified atom stereocenters. The Hall–Kier alpha value is -1.52. The van der Waals surface area contributed by atoms with Gasteiger partial charge in [0.15, 0.2) is 0 Å². The summed E-state index contributed by atoms with van der Waals surface area (Å²) in [7, 11) is 0. The van der Waals surface area contributed by atoms with E-state index in [4.69, 9.17) is 0 Å². The number of benzene rings is 1. The molecule has 1 aromatic carbocycles. The first kappa shape index (κ1) is 16.5. The predicted octanol–water partition coefficient (Wildman–Crippen LogP) is 4.39. The van der Waals surface area contributed by atoms with Gasteiger partial charge in [0.2, 0.25) is 0 Å². The molecule has 0 radical (unpaired) electrons. The SMILES string of the molecule is CC(C)CN(c1ccc(C=O)cc1C(F)(F)F)C(C)C. The molecule has 0 aliphatic heterocycles. The van der Waals surface area contributed by atoms with Gasteiger partial charge in [0.05, 0.1) is 5.56 Å². The molecule has 0 aliphatic rings. The van der Waals surface area contributed by atoms with Crippen LogP contribution in [0.1, 0.15) is 43.6 Å². The molecule has 0 fully saturated rings. The van der Waals surface area contributed by atoms with E-state index in [1.54, 1.807) is 4.90 Å². The summed E-state index contributed by atoms with van der Waals surface area (Å²) in [5, 5.41) is 0. The first-order chi connectivity index (χ1) is 9.16. The largest absolute Gasteiger partial charge is 0.418 e. The highest BCUT2D eigenvalue weighted by molar-refractivity contribution is 5.77. The fourth-order valence-electron chi connectivity index (χ4n) is 2.09. The van der Waals surface area contributed by atoms with Crippen LogP contribution in [0.5, 0.6) is 0 Å². The van der Waals surface area contributed by atoms with Crippen LogP contribution in [-0.4, -0.2) is 18.9 Å². The summed E-state index contributed by atoms with van der Waals surface area (Å²) in [5.41, 5.74) is -0.586. The van der Waals surface area contributed by atoms with Gasteiger partial charge in [-0.3, -0.25) is 4.79 Å². The van der Waals surface area contributed by atoms with Gasteiger partial charge in [-0.15, -0.1) is 0 Å². The molecule has 0 amide bonds. The number of nitrogens with zero attached hydrogens (tertiary/aromatic N) is 1. The number of alkyl halides is 3. The molecule has 20 heavy (non-hydrogen) atoms. The van der Waals surface area contributed by atoms with Gasteiger partial charge >= 0.3 is 6.18 Å². The van der Waals surface area contributed by atoms with Crippen molar-refractivity contribution in [3.05, 3.63) is 29.3 Å². The number of carbonyl (C=O) groups is 1. The topological polar surface area (TPSA) is 20.3 Å². The van der Waals surface area contributed by atoms with Crippen molar-refractivity contribution in [3.8, 4) is 0 Å². The molecule has 0 spiro atoms. The standard InChI is InChI=1S/C15H20F3NO/c1-10(2)8-19(11(3)4)14-6-5-12(9-20)7-13(14)15(16,17)18/h5-7,9-11H,8H2,1-4H3. The Kier molecular flexibility index (Phi) is 5.20. The number of aldehydes is 1. The van der Waals surface area contributed by atoms with Crippen LogP contribution >= 0.6 is 0 Å². The van der Waals surface area contributed by atoms with Crippen molar-refractivity contribution in [1.82, 2.24) is 0 Å². The van der Waals surface area contributed by atoms with Gasteiger partial charge in [-0.1, -0.05) is 13.8 Å². The Labute approximate surface area is 117 Å². The lowest BCUT2D eigenvalue weighted by molar-refractivity contribution is -0.137. The summed E-state index contributed by atoms with van der Waals surface area (Å²) < 4.78 is 39.5. The third-order valence-electron chi connectivity index (χ3n) is 2.96. The van der Waals surface area contributed by atoms with Crippen LogP contribution < -0.4 is 4.90 Å². The average Bonchev–Trinajstić information content (AvgIpc) is 2.33. The predicted molar refractivity (Wildman–Crippen MR) is 74.2 cm³/mol. The lowest BCUT2D eigenvalue weighted by atomic mass is 10.0. The molecule has 1 aromatic rings. The maximum absolute atomic E-state index is 13.2. The molecule has 2 nitrogen and oxygen atoms in total. The summed E-state index contributed by atoms with van der Waals surface area (Å²) in [6, 6.07) is 3.67. The summed E-state index contributed by atoms with van der Waals surface area (Å²) in [5.74, 6) is 0.240. The lowest BCUT2D eigenvalue weighted by Gasteiger charge is -2.33. The van der Waals surface area contributed by atoms with Gasteiger partial charge in [-0.05, 0) is 38.0 Å². The summed E-state index contributed by atoms with van der Waals surface area (Å²) >= 11 is 0. The maximum Gasteiger partial charge on any atom is 0.418 e. The van der Waals surface area contributed by atoms with Crippen LogP contribution in [0, 0.1) is 5.92 Å². The van der Waals surface area contributed by atoms with Crippen LogP contribution in [0.2, 0.25) is 0 Å². The maximum atomic E-state index is 13.2. The average molecular weight is 287 g/mol. The first-order valence-electron chi connectivity index (χ1n) is 6.60. The van der Waals surface area contributed by atoms with Crippen LogP contribution in [0.3, 0.4) is 0 Å². The van der Waals surface area contributed by atoms with Crippen molar-refractivity contribution in [2.45, 2.75) is 39.9 Å². The number of carbonyl (C=O) groups excluding carboxylic acids is 1. The van der Waals surface area contributed by atoms with Gasteiger partial charge < -0.3 is 4.90 Å². The molecular weight excluding hydrogens is 267 g/mol. The highest BCUT2D eigenvalue weighted by Crippen LogP contribution is 2.38. The van der Waals surface area contributed by atoms with E-state index in [0.29, 0.717) is 12.8 Å². The summed E-state index contributed by atoms with van der Waals surface area (Å²) in [6.07, 6.45) is -4.04. The van der Waals surface area contributed by atoms with Crippen molar-refractivity contribution in [3.63, 3.8) is 0 Å². The fourth-order valence-corrected chi connectivity index (χ4v) is 2.09. The van der Waals surface area contributed by atoms with E-state index in [9.17, 15) is 18.0 Å². The van der Waals surface area contributed by atoms with Crippen LogP contribution in [0.4, 0.5) is 18.9 Å². The minimum atomic E-state index is -4.47. The molecule has 0 aromatic heterocycles. The molecule has 112 valence electrons. The second kappa shape index (κ2) is 6.29. The zero-order valence-electron chi connectivity index (χ0n) is 12.2.